The number of non-ortho nitro benzene ring substituents is 1. The summed E-state index contributed by atoms with van der Waals surface area (Å²) >= 11 is 0. The van der Waals surface area contributed by atoms with E-state index in [9.17, 15) is 14.9 Å². The lowest BCUT2D eigenvalue weighted by atomic mass is 10.1. The standard InChI is InChI=1S/C11H10N4O5/c1-2-19-11(16)9-13-10(20-14-9)7-5-6(15(17)18)3-4-8(7)12/h3-5H,2,12H2,1H3. The van der Waals surface area contributed by atoms with Crippen LogP contribution in [0.4, 0.5) is 11.4 Å². The molecule has 2 aromatic rings. The maximum Gasteiger partial charge on any atom is 0.379 e. The highest BCUT2D eigenvalue weighted by Gasteiger charge is 2.20. The summed E-state index contributed by atoms with van der Waals surface area (Å²) in [5.41, 5.74) is 5.92. The second-order valence-electron chi connectivity index (χ2n) is 3.67. The Balaban J connectivity index is 2.39. The van der Waals surface area contributed by atoms with Gasteiger partial charge in [0.2, 0.25) is 0 Å². The van der Waals surface area contributed by atoms with Gasteiger partial charge in [-0.15, -0.1) is 0 Å². The third-order valence-corrected chi connectivity index (χ3v) is 2.36. The third-order valence-electron chi connectivity index (χ3n) is 2.36. The molecule has 0 saturated heterocycles. The van der Waals surface area contributed by atoms with Crippen molar-refractivity contribution in [2.45, 2.75) is 6.92 Å². The molecule has 0 spiro atoms. The summed E-state index contributed by atoms with van der Waals surface area (Å²) in [7, 11) is 0. The molecule has 0 aliphatic heterocycles. The van der Waals surface area contributed by atoms with E-state index in [1.807, 2.05) is 0 Å². The molecule has 2 N–H and O–H groups in total. The SMILES string of the molecule is CCOC(=O)c1noc(-c2cc([N+](=O)[O-])ccc2N)n1. The number of nitro benzene ring substituents is 1. The van der Waals surface area contributed by atoms with E-state index in [2.05, 4.69) is 10.1 Å². The fourth-order valence-electron chi connectivity index (χ4n) is 1.45. The van der Waals surface area contributed by atoms with E-state index in [-0.39, 0.29) is 35.3 Å². The number of hydrogen-bond donors (Lipinski definition) is 1. The Labute approximate surface area is 112 Å². The molecule has 0 aliphatic carbocycles. The van der Waals surface area contributed by atoms with Crippen molar-refractivity contribution >= 4 is 17.3 Å². The number of nitrogens with two attached hydrogens (primary N) is 1. The molecule has 0 saturated carbocycles. The van der Waals surface area contributed by atoms with Gasteiger partial charge in [0.05, 0.1) is 17.1 Å². The number of carbonyl (C=O) groups is 1. The molecular formula is C11H10N4O5. The Bertz CT molecular complexity index is 667. The van der Waals surface area contributed by atoms with Gasteiger partial charge in [-0.1, -0.05) is 0 Å². The Morgan fingerprint density at radius 2 is 2.30 bits per heavy atom. The van der Waals surface area contributed by atoms with Crippen molar-refractivity contribution in [3.8, 4) is 11.5 Å². The summed E-state index contributed by atoms with van der Waals surface area (Å²) in [6.45, 7) is 1.80. The van der Waals surface area contributed by atoms with E-state index in [0.29, 0.717) is 0 Å². The molecule has 0 aliphatic rings. The first-order valence-electron chi connectivity index (χ1n) is 5.58. The fourth-order valence-corrected chi connectivity index (χ4v) is 1.45. The second kappa shape index (κ2) is 5.34. The van der Waals surface area contributed by atoms with Crippen molar-refractivity contribution < 1.29 is 19.0 Å². The van der Waals surface area contributed by atoms with Gasteiger partial charge in [-0.05, 0) is 18.1 Å². The van der Waals surface area contributed by atoms with Crippen LogP contribution in [0.5, 0.6) is 0 Å². The zero-order valence-electron chi connectivity index (χ0n) is 10.4. The van der Waals surface area contributed by atoms with Crippen LogP contribution >= 0.6 is 0 Å². The fraction of sp³-hybridized carbons (Fsp3) is 0.182. The largest absolute Gasteiger partial charge is 0.460 e. The zero-order valence-corrected chi connectivity index (χ0v) is 10.4. The van der Waals surface area contributed by atoms with Crippen LogP contribution in [0, 0.1) is 10.1 Å². The highest BCUT2D eigenvalue weighted by atomic mass is 16.6. The molecule has 9 heteroatoms. The molecule has 104 valence electrons. The predicted octanol–water partition coefficient (Wildman–Crippen LogP) is 1.40. The third kappa shape index (κ3) is 2.55. The van der Waals surface area contributed by atoms with Crippen LogP contribution < -0.4 is 5.73 Å². The van der Waals surface area contributed by atoms with E-state index < -0.39 is 10.9 Å². The molecule has 0 bridgehead atoms. The van der Waals surface area contributed by atoms with Gasteiger partial charge in [0.15, 0.2) is 0 Å². The second-order valence-corrected chi connectivity index (χ2v) is 3.67. The number of hydrogen-bond acceptors (Lipinski definition) is 8. The van der Waals surface area contributed by atoms with E-state index >= 15 is 0 Å². The smallest absolute Gasteiger partial charge is 0.379 e. The quantitative estimate of drug-likeness (QED) is 0.383. The Hall–Kier alpha value is -2.97. The number of nitro groups is 1. The number of anilines is 1. The van der Waals surface area contributed by atoms with Crippen LogP contribution in [0.2, 0.25) is 0 Å². The van der Waals surface area contributed by atoms with Crippen molar-refractivity contribution in [1.82, 2.24) is 10.1 Å². The number of nitrogen functional groups attached to an aromatic ring is 1. The van der Waals surface area contributed by atoms with Crippen molar-refractivity contribution in [3.63, 3.8) is 0 Å². The van der Waals surface area contributed by atoms with Gasteiger partial charge in [0.25, 0.3) is 17.4 Å². The summed E-state index contributed by atoms with van der Waals surface area (Å²) in [5, 5.41) is 14.2. The van der Waals surface area contributed by atoms with Crippen molar-refractivity contribution in [3.05, 3.63) is 34.1 Å². The topological polar surface area (TPSA) is 134 Å². The minimum atomic E-state index is -0.744. The van der Waals surface area contributed by atoms with Gasteiger partial charge in [-0.2, -0.15) is 4.98 Å². The van der Waals surface area contributed by atoms with E-state index in [0.717, 1.165) is 0 Å². The van der Waals surface area contributed by atoms with Crippen LogP contribution in [0.3, 0.4) is 0 Å². The lowest BCUT2D eigenvalue weighted by molar-refractivity contribution is -0.384. The summed E-state index contributed by atoms with van der Waals surface area (Å²) in [6.07, 6.45) is 0. The first-order chi connectivity index (χ1) is 9.52. The maximum atomic E-state index is 11.4. The van der Waals surface area contributed by atoms with Gasteiger partial charge >= 0.3 is 5.97 Å². The normalized spacial score (nSPS) is 10.2. The molecule has 1 aromatic carbocycles. The summed E-state index contributed by atoms with van der Waals surface area (Å²) in [6, 6.07) is 3.79. The minimum Gasteiger partial charge on any atom is -0.460 e. The van der Waals surface area contributed by atoms with E-state index in [4.69, 9.17) is 15.0 Å². The van der Waals surface area contributed by atoms with Crippen LogP contribution in [-0.2, 0) is 4.74 Å². The summed E-state index contributed by atoms with van der Waals surface area (Å²) < 4.78 is 9.58. The molecular weight excluding hydrogens is 268 g/mol. The molecule has 9 nitrogen and oxygen atoms in total. The number of ether oxygens (including phenoxy) is 1. The number of rotatable bonds is 4. The molecule has 1 heterocycles. The van der Waals surface area contributed by atoms with Gasteiger partial charge in [0.1, 0.15) is 0 Å². The van der Waals surface area contributed by atoms with Crippen LogP contribution in [0.15, 0.2) is 22.7 Å². The predicted molar refractivity (Wildman–Crippen MR) is 66.8 cm³/mol. The maximum absolute atomic E-state index is 11.4. The van der Waals surface area contributed by atoms with Crippen molar-refractivity contribution in [1.29, 1.82) is 0 Å². The highest BCUT2D eigenvalue weighted by molar-refractivity contribution is 5.86. The molecule has 2 rings (SSSR count). The minimum absolute atomic E-state index is 0.0887. The van der Waals surface area contributed by atoms with Crippen molar-refractivity contribution in [2.75, 3.05) is 12.3 Å². The summed E-state index contributed by atoms with van der Waals surface area (Å²) in [5.74, 6) is -1.10. The number of aromatic nitrogens is 2. The molecule has 0 unspecified atom stereocenters. The van der Waals surface area contributed by atoms with Gasteiger partial charge in [0, 0.05) is 17.8 Å². The van der Waals surface area contributed by atoms with Gasteiger partial charge in [-0.3, -0.25) is 10.1 Å². The number of nitrogens with zero attached hydrogens (tertiary/aromatic N) is 3. The zero-order chi connectivity index (χ0) is 14.7. The Kier molecular flexibility index (Phi) is 3.60. The lowest BCUT2D eigenvalue weighted by Gasteiger charge is -1.99. The van der Waals surface area contributed by atoms with Gasteiger partial charge < -0.3 is 15.0 Å². The molecule has 0 fully saturated rings. The number of esters is 1. The molecule has 0 amide bonds. The Morgan fingerprint density at radius 1 is 1.55 bits per heavy atom. The monoisotopic (exact) mass is 278 g/mol. The first-order valence-corrected chi connectivity index (χ1v) is 5.58. The molecule has 0 radical (unpaired) electrons. The number of carbonyl (C=O) groups excluding carboxylic acids is 1. The average Bonchev–Trinajstić information content (AvgIpc) is 2.88. The van der Waals surface area contributed by atoms with Crippen molar-refractivity contribution in [2.24, 2.45) is 0 Å². The number of benzene rings is 1. The lowest BCUT2D eigenvalue weighted by Crippen LogP contribution is -2.06. The van der Waals surface area contributed by atoms with Crippen LogP contribution in [0.1, 0.15) is 17.5 Å². The summed E-state index contributed by atoms with van der Waals surface area (Å²) in [4.78, 5) is 25.3. The van der Waals surface area contributed by atoms with Gasteiger partial charge in [-0.25, -0.2) is 4.79 Å². The van der Waals surface area contributed by atoms with Crippen LogP contribution in [-0.4, -0.2) is 27.6 Å². The van der Waals surface area contributed by atoms with E-state index in [1.165, 1.54) is 18.2 Å². The molecule has 1 aromatic heterocycles. The first kappa shape index (κ1) is 13.5. The highest BCUT2D eigenvalue weighted by Crippen LogP contribution is 2.28. The Morgan fingerprint density at radius 3 is 2.95 bits per heavy atom. The van der Waals surface area contributed by atoms with Crippen LogP contribution in [0.25, 0.3) is 11.5 Å². The molecule has 20 heavy (non-hydrogen) atoms. The van der Waals surface area contributed by atoms with E-state index in [1.54, 1.807) is 6.92 Å². The average molecular weight is 278 g/mol. The molecule has 0 atom stereocenters.